The van der Waals surface area contributed by atoms with Gasteiger partial charge in [-0.2, -0.15) is 0 Å². The predicted octanol–water partition coefficient (Wildman–Crippen LogP) is 2.01. The quantitative estimate of drug-likeness (QED) is 0.371. The molecule has 0 aliphatic carbocycles. The third-order valence-electron chi connectivity index (χ3n) is 4.11. The summed E-state index contributed by atoms with van der Waals surface area (Å²) in [6.07, 6.45) is 0.725. The first-order valence-electron chi connectivity index (χ1n) is 8.48. The molecule has 1 aromatic carbocycles. The van der Waals surface area contributed by atoms with Gasteiger partial charge in [-0.05, 0) is 38.3 Å². The van der Waals surface area contributed by atoms with E-state index < -0.39 is 10.0 Å². The molecule has 0 bridgehead atoms. The average Bonchev–Trinajstić information content (AvgIpc) is 2.85. The number of nitrogens with zero attached hydrogens (tertiary/aromatic N) is 2. The van der Waals surface area contributed by atoms with Gasteiger partial charge in [0.1, 0.15) is 0 Å². The first kappa shape index (κ1) is 22.2. The molecule has 1 aliphatic rings. The van der Waals surface area contributed by atoms with E-state index in [4.69, 9.17) is 0 Å². The maximum Gasteiger partial charge on any atom is 0.214 e. The Balaban J connectivity index is 0.00000312. The monoisotopic (exact) mass is 480 g/mol. The molecule has 8 heteroatoms. The molecule has 0 unspecified atom stereocenters. The van der Waals surface area contributed by atoms with E-state index in [1.165, 1.54) is 16.7 Å². The number of aliphatic imine (C=N–C) groups is 1. The van der Waals surface area contributed by atoms with E-state index in [2.05, 4.69) is 47.7 Å². The Morgan fingerprint density at radius 2 is 2.04 bits per heavy atom. The first-order valence-corrected chi connectivity index (χ1v) is 10.1. The number of hydrogen-bond acceptors (Lipinski definition) is 3. The molecule has 0 aromatic heterocycles. The Kier molecular flexibility index (Phi) is 9.15. The van der Waals surface area contributed by atoms with E-state index in [9.17, 15) is 8.42 Å². The van der Waals surface area contributed by atoms with Crippen LogP contribution in [-0.2, 0) is 16.6 Å². The highest BCUT2D eigenvalue weighted by molar-refractivity contribution is 14.0. The topological polar surface area (TPSA) is 73.8 Å². The van der Waals surface area contributed by atoms with E-state index in [0.29, 0.717) is 32.1 Å². The van der Waals surface area contributed by atoms with E-state index in [1.807, 2.05) is 6.92 Å². The van der Waals surface area contributed by atoms with E-state index in [1.54, 1.807) is 4.31 Å². The fourth-order valence-corrected chi connectivity index (χ4v) is 4.30. The van der Waals surface area contributed by atoms with Gasteiger partial charge in [-0.25, -0.2) is 17.7 Å². The highest BCUT2D eigenvalue weighted by Gasteiger charge is 2.27. The van der Waals surface area contributed by atoms with Gasteiger partial charge in [-0.1, -0.05) is 23.8 Å². The summed E-state index contributed by atoms with van der Waals surface area (Å²) >= 11 is 0. The molecule has 0 amide bonds. The third-order valence-corrected chi connectivity index (χ3v) is 6.06. The van der Waals surface area contributed by atoms with Crippen molar-refractivity contribution >= 4 is 40.0 Å². The Morgan fingerprint density at radius 1 is 1.28 bits per heavy atom. The van der Waals surface area contributed by atoms with Crippen LogP contribution >= 0.6 is 24.0 Å². The molecule has 0 spiro atoms. The minimum Gasteiger partial charge on any atom is -0.357 e. The molecule has 0 radical (unpaired) electrons. The summed E-state index contributed by atoms with van der Waals surface area (Å²) in [6.45, 7) is 9.21. The van der Waals surface area contributed by atoms with Crippen molar-refractivity contribution in [2.24, 2.45) is 4.99 Å². The Hall–Kier alpha value is -0.870. The number of guanidine groups is 1. The highest BCUT2D eigenvalue weighted by atomic mass is 127. The number of nitrogens with one attached hydrogen (secondary N) is 2. The summed E-state index contributed by atoms with van der Waals surface area (Å²) in [6, 6.07) is 6.36. The van der Waals surface area contributed by atoms with Gasteiger partial charge in [-0.3, -0.25) is 0 Å². The summed E-state index contributed by atoms with van der Waals surface area (Å²) in [5, 5.41) is 6.42. The molecule has 25 heavy (non-hydrogen) atoms. The second-order valence-electron chi connectivity index (χ2n) is 6.12. The lowest BCUT2D eigenvalue weighted by Crippen LogP contribution is -2.42. The van der Waals surface area contributed by atoms with Crippen molar-refractivity contribution in [3.63, 3.8) is 0 Å². The van der Waals surface area contributed by atoms with Crippen molar-refractivity contribution < 1.29 is 8.42 Å². The van der Waals surface area contributed by atoms with Gasteiger partial charge in [0, 0.05) is 26.2 Å². The van der Waals surface area contributed by atoms with Crippen molar-refractivity contribution in [1.82, 2.24) is 14.9 Å². The van der Waals surface area contributed by atoms with Gasteiger partial charge >= 0.3 is 0 Å². The summed E-state index contributed by atoms with van der Waals surface area (Å²) in [5.41, 5.74) is 3.68. The van der Waals surface area contributed by atoms with Crippen molar-refractivity contribution in [3.05, 3.63) is 34.9 Å². The van der Waals surface area contributed by atoms with Gasteiger partial charge in [0.05, 0.1) is 12.3 Å². The number of benzene rings is 1. The largest absolute Gasteiger partial charge is 0.357 e. The lowest BCUT2D eigenvalue weighted by Gasteiger charge is -2.16. The molecular weight excluding hydrogens is 451 g/mol. The minimum atomic E-state index is -3.03. The Labute approximate surface area is 168 Å². The van der Waals surface area contributed by atoms with Crippen LogP contribution in [-0.4, -0.2) is 50.6 Å². The standard InChI is InChI=1S/C17H28N4O2S.HI/c1-4-18-17(19-8-10-21-9-5-11-24(21,22)23)20-13-16-7-6-14(2)12-15(16)3;/h6-7,12H,4-5,8-11,13H2,1-3H3,(H2,18,19,20);1H. The summed E-state index contributed by atoms with van der Waals surface area (Å²) in [5.74, 6) is 0.988. The molecule has 0 saturated carbocycles. The first-order chi connectivity index (χ1) is 11.4. The summed E-state index contributed by atoms with van der Waals surface area (Å²) in [7, 11) is -3.03. The normalized spacial score (nSPS) is 17.2. The van der Waals surface area contributed by atoms with Crippen molar-refractivity contribution in [2.45, 2.75) is 33.7 Å². The number of rotatable bonds is 6. The molecular formula is C17H29IN4O2S. The van der Waals surface area contributed by atoms with Crippen LogP contribution in [0.2, 0.25) is 0 Å². The molecule has 2 rings (SSSR count). The van der Waals surface area contributed by atoms with Gasteiger partial charge in [0.2, 0.25) is 10.0 Å². The van der Waals surface area contributed by atoms with Crippen LogP contribution in [0.25, 0.3) is 0 Å². The van der Waals surface area contributed by atoms with Crippen LogP contribution in [0.15, 0.2) is 23.2 Å². The van der Waals surface area contributed by atoms with Crippen LogP contribution in [0.1, 0.15) is 30.0 Å². The molecule has 6 nitrogen and oxygen atoms in total. The molecule has 1 aliphatic heterocycles. The van der Waals surface area contributed by atoms with Gasteiger partial charge in [0.25, 0.3) is 0 Å². The number of sulfonamides is 1. The fourth-order valence-electron chi connectivity index (χ4n) is 2.77. The Bertz CT molecular complexity index is 692. The third kappa shape index (κ3) is 6.74. The van der Waals surface area contributed by atoms with Crippen LogP contribution in [0, 0.1) is 13.8 Å². The fraction of sp³-hybridized carbons (Fsp3) is 0.588. The summed E-state index contributed by atoms with van der Waals surface area (Å²) < 4.78 is 25.1. The Morgan fingerprint density at radius 3 is 2.64 bits per heavy atom. The van der Waals surface area contributed by atoms with Gasteiger partial charge in [0.15, 0.2) is 5.96 Å². The minimum absolute atomic E-state index is 0. The molecule has 142 valence electrons. The molecule has 2 N–H and O–H groups in total. The molecule has 0 atom stereocenters. The van der Waals surface area contributed by atoms with E-state index in [-0.39, 0.29) is 29.7 Å². The molecule has 1 saturated heterocycles. The zero-order chi connectivity index (χ0) is 17.6. The second-order valence-corrected chi connectivity index (χ2v) is 8.21. The van der Waals surface area contributed by atoms with Crippen LogP contribution < -0.4 is 10.6 Å². The molecule has 1 fully saturated rings. The molecule has 1 aromatic rings. The van der Waals surface area contributed by atoms with Crippen molar-refractivity contribution in [3.8, 4) is 0 Å². The number of aryl methyl sites for hydroxylation is 2. The maximum atomic E-state index is 11.8. The van der Waals surface area contributed by atoms with Crippen LogP contribution in [0.4, 0.5) is 0 Å². The molecule has 1 heterocycles. The lowest BCUT2D eigenvalue weighted by molar-refractivity contribution is 0.445. The van der Waals surface area contributed by atoms with Crippen molar-refractivity contribution in [2.75, 3.05) is 31.9 Å². The lowest BCUT2D eigenvalue weighted by atomic mass is 10.1. The van der Waals surface area contributed by atoms with Crippen LogP contribution in [0.3, 0.4) is 0 Å². The highest BCUT2D eigenvalue weighted by Crippen LogP contribution is 2.12. The SMILES string of the molecule is CCNC(=NCc1ccc(C)cc1C)NCCN1CCCS1(=O)=O.I. The smallest absolute Gasteiger partial charge is 0.214 e. The van der Waals surface area contributed by atoms with E-state index >= 15 is 0 Å². The van der Waals surface area contributed by atoms with Gasteiger partial charge < -0.3 is 10.6 Å². The average molecular weight is 480 g/mol. The van der Waals surface area contributed by atoms with Crippen molar-refractivity contribution in [1.29, 1.82) is 0 Å². The van der Waals surface area contributed by atoms with E-state index in [0.717, 1.165) is 13.0 Å². The zero-order valence-electron chi connectivity index (χ0n) is 15.2. The maximum absolute atomic E-state index is 11.8. The number of halogens is 1. The van der Waals surface area contributed by atoms with Gasteiger partial charge in [-0.15, -0.1) is 24.0 Å². The summed E-state index contributed by atoms with van der Waals surface area (Å²) in [4.78, 5) is 4.60. The zero-order valence-corrected chi connectivity index (χ0v) is 18.4. The van der Waals surface area contributed by atoms with Crippen LogP contribution in [0.5, 0.6) is 0 Å². The number of hydrogen-bond donors (Lipinski definition) is 2. The second kappa shape index (κ2) is 10.3. The predicted molar refractivity (Wildman–Crippen MR) is 114 cm³/mol.